The predicted octanol–water partition coefficient (Wildman–Crippen LogP) is 0.245. The van der Waals surface area contributed by atoms with Crippen LogP contribution < -0.4 is 5.32 Å². The lowest BCUT2D eigenvalue weighted by molar-refractivity contribution is 0.286. The Balaban J connectivity index is 1.90. The lowest BCUT2D eigenvalue weighted by Crippen LogP contribution is -2.19. The van der Waals surface area contributed by atoms with Gasteiger partial charge < -0.3 is 10.4 Å². The average molecular weight is 183 g/mol. The second-order valence-corrected chi connectivity index (χ2v) is 2.95. The first-order chi connectivity index (χ1) is 6.43. The number of nitrogens with one attached hydrogen (secondary N) is 1. The Bertz CT molecular complexity index is 199. The number of hydrogen-bond donors (Lipinski definition) is 2. The molecular weight excluding hydrogens is 166 g/mol. The second kappa shape index (κ2) is 6.62. The van der Waals surface area contributed by atoms with Crippen molar-refractivity contribution in [1.29, 1.82) is 0 Å². The maximum atomic E-state index is 8.52. The van der Waals surface area contributed by atoms with Crippen LogP contribution in [-0.2, 0) is 6.54 Å². The van der Waals surface area contributed by atoms with E-state index >= 15 is 0 Å². The normalized spacial score (nSPS) is 10.5. The van der Waals surface area contributed by atoms with Crippen molar-refractivity contribution in [3.8, 4) is 0 Å². The van der Waals surface area contributed by atoms with E-state index in [1.807, 2.05) is 16.9 Å². The first-order valence-electron chi connectivity index (χ1n) is 4.72. The summed E-state index contributed by atoms with van der Waals surface area (Å²) < 4.78 is 1.92. The minimum atomic E-state index is 0.270. The standard InChI is InChI=1S/C9H17N3O/c13-9-3-5-10-4-1-7-12-8-2-6-11-12/h2,6,8,10,13H,1,3-5,7,9H2. The smallest absolute Gasteiger partial charge is 0.0489 e. The number of aliphatic hydroxyl groups is 1. The molecule has 2 N–H and O–H groups in total. The van der Waals surface area contributed by atoms with Gasteiger partial charge in [-0.1, -0.05) is 0 Å². The van der Waals surface area contributed by atoms with Gasteiger partial charge in [-0.2, -0.15) is 5.10 Å². The summed E-state index contributed by atoms with van der Waals surface area (Å²) in [5.41, 5.74) is 0. The van der Waals surface area contributed by atoms with Gasteiger partial charge in [0.2, 0.25) is 0 Å². The van der Waals surface area contributed by atoms with E-state index in [2.05, 4.69) is 10.4 Å². The van der Waals surface area contributed by atoms with Gasteiger partial charge in [-0.3, -0.25) is 4.68 Å². The van der Waals surface area contributed by atoms with E-state index in [9.17, 15) is 0 Å². The number of hydrogen-bond acceptors (Lipinski definition) is 3. The summed E-state index contributed by atoms with van der Waals surface area (Å²) in [4.78, 5) is 0. The van der Waals surface area contributed by atoms with Crippen LogP contribution in [0.15, 0.2) is 18.5 Å². The third-order valence-corrected chi connectivity index (χ3v) is 1.81. The molecular formula is C9H17N3O. The molecule has 0 unspecified atom stereocenters. The van der Waals surface area contributed by atoms with E-state index in [0.717, 1.165) is 32.5 Å². The Labute approximate surface area is 78.6 Å². The number of aliphatic hydroxyl groups excluding tert-OH is 1. The van der Waals surface area contributed by atoms with Gasteiger partial charge in [0, 0.05) is 25.5 Å². The lowest BCUT2D eigenvalue weighted by atomic mass is 10.4. The largest absolute Gasteiger partial charge is 0.396 e. The zero-order valence-corrected chi connectivity index (χ0v) is 7.82. The highest BCUT2D eigenvalue weighted by Gasteiger charge is 1.90. The van der Waals surface area contributed by atoms with E-state index in [4.69, 9.17) is 5.11 Å². The molecule has 0 fully saturated rings. The molecule has 0 saturated carbocycles. The van der Waals surface area contributed by atoms with E-state index in [1.54, 1.807) is 6.20 Å². The molecule has 13 heavy (non-hydrogen) atoms. The minimum Gasteiger partial charge on any atom is -0.396 e. The van der Waals surface area contributed by atoms with Crippen LogP contribution in [0, 0.1) is 0 Å². The summed E-state index contributed by atoms with van der Waals surface area (Å²) in [7, 11) is 0. The van der Waals surface area contributed by atoms with Gasteiger partial charge in [-0.15, -0.1) is 0 Å². The summed E-state index contributed by atoms with van der Waals surface area (Å²) in [5.74, 6) is 0. The monoisotopic (exact) mass is 183 g/mol. The van der Waals surface area contributed by atoms with Crippen LogP contribution in [0.1, 0.15) is 12.8 Å². The molecule has 0 spiro atoms. The Hall–Kier alpha value is -0.870. The van der Waals surface area contributed by atoms with Crippen molar-refractivity contribution in [2.45, 2.75) is 19.4 Å². The summed E-state index contributed by atoms with van der Waals surface area (Å²) in [6.07, 6.45) is 5.67. The molecule has 1 rings (SSSR count). The van der Waals surface area contributed by atoms with Crippen LogP contribution in [0.3, 0.4) is 0 Å². The Morgan fingerprint density at radius 3 is 2.85 bits per heavy atom. The Kier molecular flexibility index (Phi) is 5.20. The number of aryl methyl sites for hydroxylation is 1. The van der Waals surface area contributed by atoms with Gasteiger partial charge in [0.15, 0.2) is 0 Å². The fraction of sp³-hybridized carbons (Fsp3) is 0.667. The summed E-state index contributed by atoms with van der Waals surface area (Å²) in [6.45, 7) is 3.11. The van der Waals surface area contributed by atoms with Gasteiger partial charge in [-0.25, -0.2) is 0 Å². The molecule has 1 aromatic rings. The molecule has 4 heteroatoms. The number of aromatic nitrogens is 2. The van der Waals surface area contributed by atoms with Crippen LogP contribution in [0.5, 0.6) is 0 Å². The minimum absolute atomic E-state index is 0.270. The molecule has 0 aliphatic rings. The van der Waals surface area contributed by atoms with Crippen molar-refractivity contribution in [3.05, 3.63) is 18.5 Å². The molecule has 1 aromatic heterocycles. The van der Waals surface area contributed by atoms with Gasteiger partial charge >= 0.3 is 0 Å². The molecule has 0 amide bonds. The molecule has 0 radical (unpaired) electrons. The van der Waals surface area contributed by atoms with E-state index in [1.165, 1.54) is 0 Å². The first kappa shape index (κ1) is 10.2. The highest BCUT2D eigenvalue weighted by atomic mass is 16.3. The predicted molar refractivity (Wildman–Crippen MR) is 51.4 cm³/mol. The molecule has 0 aliphatic heterocycles. The number of nitrogens with zero attached hydrogens (tertiary/aromatic N) is 2. The van der Waals surface area contributed by atoms with Gasteiger partial charge in [0.25, 0.3) is 0 Å². The van der Waals surface area contributed by atoms with Crippen LogP contribution in [0.2, 0.25) is 0 Å². The molecule has 0 bridgehead atoms. The lowest BCUT2D eigenvalue weighted by Gasteiger charge is -2.03. The number of rotatable bonds is 7. The van der Waals surface area contributed by atoms with Crippen molar-refractivity contribution >= 4 is 0 Å². The fourth-order valence-electron chi connectivity index (χ4n) is 1.13. The quantitative estimate of drug-likeness (QED) is 0.596. The van der Waals surface area contributed by atoms with Gasteiger partial charge in [-0.05, 0) is 32.0 Å². The van der Waals surface area contributed by atoms with Crippen molar-refractivity contribution in [3.63, 3.8) is 0 Å². The third kappa shape index (κ3) is 4.65. The maximum Gasteiger partial charge on any atom is 0.0489 e. The maximum absolute atomic E-state index is 8.52. The highest BCUT2D eigenvalue weighted by Crippen LogP contribution is 1.87. The summed E-state index contributed by atoms with van der Waals surface area (Å²) in [5, 5.41) is 15.9. The topological polar surface area (TPSA) is 50.1 Å². The molecule has 0 aliphatic carbocycles. The zero-order chi connectivity index (χ0) is 9.36. The summed E-state index contributed by atoms with van der Waals surface area (Å²) in [6, 6.07) is 1.93. The molecule has 1 heterocycles. The van der Waals surface area contributed by atoms with Crippen molar-refractivity contribution in [2.75, 3.05) is 19.7 Å². The Morgan fingerprint density at radius 1 is 1.31 bits per heavy atom. The zero-order valence-electron chi connectivity index (χ0n) is 7.82. The van der Waals surface area contributed by atoms with Crippen LogP contribution in [0.25, 0.3) is 0 Å². The highest BCUT2D eigenvalue weighted by molar-refractivity contribution is 4.77. The summed E-state index contributed by atoms with van der Waals surface area (Å²) >= 11 is 0. The van der Waals surface area contributed by atoms with Crippen LogP contribution in [-0.4, -0.2) is 34.6 Å². The van der Waals surface area contributed by atoms with Crippen molar-refractivity contribution in [2.24, 2.45) is 0 Å². The van der Waals surface area contributed by atoms with Gasteiger partial charge in [0.1, 0.15) is 0 Å². The van der Waals surface area contributed by atoms with E-state index < -0.39 is 0 Å². The third-order valence-electron chi connectivity index (χ3n) is 1.81. The fourth-order valence-corrected chi connectivity index (χ4v) is 1.13. The molecule has 74 valence electrons. The van der Waals surface area contributed by atoms with Gasteiger partial charge in [0.05, 0.1) is 0 Å². The first-order valence-corrected chi connectivity index (χ1v) is 4.72. The average Bonchev–Trinajstić information content (AvgIpc) is 2.63. The molecule has 0 atom stereocenters. The SMILES string of the molecule is OCCCNCCCn1cccn1. The van der Waals surface area contributed by atoms with E-state index in [0.29, 0.717) is 0 Å². The molecule has 4 nitrogen and oxygen atoms in total. The Morgan fingerprint density at radius 2 is 2.15 bits per heavy atom. The second-order valence-electron chi connectivity index (χ2n) is 2.95. The van der Waals surface area contributed by atoms with Crippen molar-refractivity contribution < 1.29 is 5.11 Å². The van der Waals surface area contributed by atoms with Crippen LogP contribution in [0.4, 0.5) is 0 Å². The van der Waals surface area contributed by atoms with Crippen LogP contribution >= 0.6 is 0 Å². The molecule has 0 aromatic carbocycles. The molecule has 0 saturated heterocycles. The van der Waals surface area contributed by atoms with E-state index in [-0.39, 0.29) is 6.61 Å². The van der Waals surface area contributed by atoms with Crippen molar-refractivity contribution in [1.82, 2.24) is 15.1 Å².